The molecule has 3 rings (SSSR count). The van der Waals surface area contributed by atoms with Gasteiger partial charge in [-0.3, -0.25) is 0 Å². The third-order valence-corrected chi connectivity index (χ3v) is 5.32. The van der Waals surface area contributed by atoms with Crippen molar-refractivity contribution in [1.29, 1.82) is 0 Å². The van der Waals surface area contributed by atoms with Crippen LogP contribution < -0.4 is 0 Å². The molecule has 9 heteroatoms. The highest BCUT2D eigenvalue weighted by Crippen LogP contribution is 2.50. The molecule has 0 bridgehead atoms. The zero-order valence-electron chi connectivity index (χ0n) is 10.7. The number of alkyl halides is 6. The summed E-state index contributed by atoms with van der Waals surface area (Å²) >= 11 is 9.42. The lowest BCUT2D eigenvalue weighted by Crippen LogP contribution is -2.12. The molecule has 2 aromatic carbocycles. The first-order valence-electron chi connectivity index (χ1n) is 5.99. The highest BCUT2D eigenvalue weighted by molar-refractivity contribution is 9.10. The molecule has 0 nitrogen and oxygen atoms in total. The second-order valence-corrected chi connectivity index (χ2v) is 7.07. The van der Waals surface area contributed by atoms with Gasteiger partial charge in [-0.2, -0.15) is 26.3 Å². The molecule has 0 aliphatic heterocycles. The average Bonchev–Trinajstić information content (AvgIpc) is 2.71. The fourth-order valence-corrected chi connectivity index (χ4v) is 4.55. The standard InChI is InChI=1S/C14H4BrClF6S/c15-5-1-2-6-7-4-8(13(17,18)19)11(16)10(14(20,21)22)12(7)23-9(6)3-5/h1-4H. The number of hydrogen-bond acceptors (Lipinski definition) is 1. The van der Waals surface area contributed by atoms with Crippen molar-refractivity contribution in [2.24, 2.45) is 0 Å². The number of halogens is 8. The lowest BCUT2D eigenvalue weighted by Gasteiger charge is -2.15. The molecule has 122 valence electrons. The van der Waals surface area contributed by atoms with Crippen LogP contribution in [0.4, 0.5) is 26.3 Å². The van der Waals surface area contributed by atoms with Crippen molar-refractivity contribution in [2.45, 2.75) is 12.4 Å². The Morgan fingerprint density at radius 1 is 0.913 bits per heavy atom. The highest BCUT2D eigenvalue weighted by atomic mass is 79.9. The van der Waals surface area contributed by atoms with Crippen LogP contribution in [0.25, 0.3) is 20.2 Å². The van der Waals surface area contributed by atoms with Crippen molar-refractivity contribution < 1.29 is 26.3 Å². The Morgan fingerprint density at radius 3 is 2.13 bits per heavy atom. The molecule has 0 spiro atoms. The molecule has 0 saturated heterocycles. The Balaban J connectivity index is 2.55. The van der Waals surface area contributed by atoms with Gasteiger partial charge in [0.25, 0.3) is 0 Å². The summed E-state index contributed by atoms with van der Waals surface area (Å²) in [5.41, 5.74) is -2.93. The van der Waals surface area contributed by atoms with Crippen molar-refractivity contribution >= 4 is 59.0 Å². The molecule has 0 aliphatic rings. The Kier molecular flexibility index (Phi) is 3.85. The van der Waals surface area contributed by atoms with E-state index in [1.54, 1.807) is 12.1 Å². The topological polar surface area (TPSA) is 0 Å². The molecule has 0 fully saturated rings. The van der Waals surface area contributed by atoms with E-state index in [9.17, 15) is 26.3 Å². The molecule has 0 radical (unpaired) electrons. The van der Waals surface area contributed by atoms with Crippen LogP contribution in [0.3, 0.4) is 0 Å². The van der Waals surface area contributed by atoms with Crippen LogP contribution in [0.5, 0.6) is 0 Å². The average molecular weight is 434 g/mol. The fourth-order valence-electron chi connectivity index (χ4n) is 2.32. The summed E-state index contributed by atoms with van der Waals surface area (Å²) in [6.45, 7) is 0. The summed E-state index contributed by atoms with van der Waals surface area (Å²) in [5.74, 6) is 0. The van der Waals surface area contributed by atoms with E-state index >= 15 is 0 Å². The van der Waals surface area contributed by atoms with Gasteiger partial charge in [-0.05, 0) is 18.2 Å². The summed E-state index contributed by atoms with van der Waals surface area (Å²) in [5, 5.41) is -1.11. The number of thiophene rings is 1. The van der Waals surface area contributed by atoms with Gasteiger partial charge in [-0.15, -0.1) is 11.3 Å². The molecule has 0 aliphatic carbocycles. The van der Waals surface area contributed by atoms with Crippen LogP contribution in [0.15, 0.2) is 28.7 Å². The first-order chi connectivity index (χ1) is 10.5. The van der Waals surface area contributed by atoms with Gasteiger partial charge in [0.15, 0.2) is 0 Å². The summed E-state index contributed by atoms with van der Waals surface area (Å²) in [4.78, 5) is 0. The Hall–Kier alpha value is -0.990. The zero-order valence-corrected chi connectivity index (χ0v) is 13.9. The van der Waals surface area contributed by atoms with Gasteiger partial charge in [0.05, 0.1) is 16.1 Å². The molecule has 0 unspecified atom stereocenters. The molecule has 0 N–H and O–H groups in total. The molecule has 0 saturated carbocycles. The van der Waals surface area contributed by atoms with Gasteiger partial charge in [-0.25, -0.2) is 0 Å². The van der Waals surface area contributed by atoms with Crippen LogP contribution in [-0.2, 0) is 12.4 Å². The Morgan fingerprint density at radius 2 is 1.57 bits per heavy atom. The Bertz CT molecular complexity index is 925. The van der Waals surface area contributed by atoms with Crippen molar-refractivity contribution in [3.05, 3.63) is 44.9 Å². The normalized spacial score (nSPS) is 13.2. The highest BCUT2D eigenvalue weighted by Gasteiger charge is 2.42. The van der Waals surface area contributed by atoms with Crippen molar-refractivity contribution in [3.8, 4) is 0 Å². The summed E-state index contributed by atoms with van der Waals surface area (Å²) in [7, 11) is 0. The number of rotatable bonds is 0. The van der Waals surface area contributed by atoms with E-state index in [-0.39, 0.29) is 10.1 Å². The van der Waals surface area contributed by atoms with E-state index in [0.29, 0.717) is 20.6 Å². The van der Waals surface area contributed by atoms with Crippen LogP contribution in [-0.4, -0.2) is 0 Å². The minimum absolute atomic E-state index is 0.110. The zero-order chi connectivity index (χ0) is 17.2. The third-order valence-electron chi connectivity index (χ3n) is 3.25. The van der Waals surface area contributed by atoms with Gasteiger partial charge in [-0.1, -0.05) is 33.6 Å². The van der Waals surface area contributed by atoms with Crippen molar-refractivity contribution in [2.75, 3.05) is 0 Å². The van der Waals surface area contributed by atoms with Crippen LogP contribution in [0.1, 0.15) is 11.1 Å². The molecule has 0 amide bonds. The minimum atomic E-state index is -4.99. The SMILES string of the molecule is FC(F)(F)c1cc2c(sc3cc(Br)ccc32)c(C(F)(F)F)c1Cl. The van der Waals surface area contributed by atoms with Crippen LogP contribution in [0.2, 0.25) is 5.02 Å². The smallest absolute Gasteiger partial charge is 0.166 e. The lowest BCUT2D eigenvalue weighted by atomic mass is 10.0. The van der Waals surface area contributed by atoms with Gasteiger partial charge in [0, 0.05) is 24.6 Å². The second-order valence-electron chi connectivity index (χ2n) is 4.73. The molecule has 23 heavy (non-hydrogen) atoms. The molecule has 0 atom stereocenters. The molecule has 1 aromatic heterocycles. The fraction of sp³-hybridized carbons (Fsp3) is 0.143. The van der Waals surface area contributed by atoms with E-state index < -0.39 is 28.5 Å². The second kappa shape index (κ2) is 5.26. The van der Waals surface area contributed by atoms with Gasteiger partial charge in [0.1, 0.15) is 0 Å². The van der Waals surface area contributed by atoms with Gasteiger partial charge < -0.3 is 0 Å². The van der Waals surface area contributed by atoms with Gasteiger partial charge >= 0.3 is 12.4 Å². The number of benzene rings is 2. The maximum absolute atomic E-state index is 13.3. The number of fused-ring (bicyclic) bond motifs is 3. The first-order valence-corrected chi connectivity index (χ1v) is 7.97. The van der Waals surface area contributed by atoms with Crippen molar-refractivity contribution in [1.82, 2.24) is 0 Å². The van der Waals surface area contributed by atoms with E-state index in [2.05, 4.69) is 15.9 Å². The third kappa shape index (κ3) is 2.81. The number of hydrogen-bond donors (Lipinski definition) is 0. The van der Waals surface area contributed by atoms with Gasteiger partial charge in [0.2, 0.25) is 0 Å². The van der Waals surface area contributed by atoms with Crippen LogP contribution in [0, 0.1) is 0 Å². The summed E-state index contributed by atoms with van der Waals surface area (Å²) in [6, 6.07) is 5.27. The van der Waals surface area contributed by atoms with E-state index in [1.165, 1.54) is 6.07 Å². The van der Waals surface area contributed by atoms with E-state index in [4.69, 9.17) is 11.6 Å². The predicted octanol–water partition coefficient (Wildman–Crippen LogP) is 7.51. The minimum Gasteiger partial charge on any atom is -0.166 e. The predicted molar refractivity (Wildman–Crippen MR) is 82.0 cm³/mol. The largest absolute Gasteiger partial charge is 0.419 e. The Labute approximate surface area is 142 Å². The molecular weight excluding hydrogens is 430 g/mol. The molecule has 3 aromatic rings. The maximum Gasteiger partial charge on any atom is 0.419 e. The van der Waals surface area contributed by atoms with E-state index in [1.807, 2.05) is 0 Å². The lowest BCUT2D eigenvalue weighted by molar-refractivity contribution is -0.141. The molecule has 1 heterocycles. The molecular formula is C14H4BrClF6S. The quantitative estimate of drug-likeness (QED) is 0.322. The summed E-state index contributed by atoms with van der Waals surface area (Å²) < 4.78 is 79.8. The monoisotopic (exact) mass is 432 g/mol. The first kappa shape index (κ1) is 16.9. The maximum atomic E-state index is 13.3. The van der Waals surface area contributed by atoms with Crippen LogP contribution >= 0.6 is 38.9 Å². The summed E-state index contributed by atoms with van der Waals surface area (Å²) in [6.07, 6.45) is -9.97. The van der Waals surface area contributed by atoms with E-state index in [0.717, 1.165) is 11.3 Å². The van der Waals surface area contributed by atoms with Crippen molar-refractivity contribution in [3.63, 3.8) is 0 Å².